The lowest BCUT2D eigenvalue weighted by atomic mass is 10.1. The molecule has 0 saturated heterocycles. The van der Waals surface area contributed by atoms with Crippen molar-refractivity contribution >= 4 is 14.4 Å². The van der Waals surface area contributed by atoms with Crippen LogP contribution in [0.15, 0.2) is 10.8 Å². The van der Waals surface area contributed by atoms with Gasteiger partial charge in [-0.15, -0.1) is 0 Å². The Morgan fingerprint density at radius 1 is 1.45 bits per heavy atom. The number of hydrogen-bond acceptors (Lipinski definition) is 1. The molecule has 0 aliphatic carbocycles. The average molecular weight is 168 g/mol. The van der Waals surface area contributed by atoms with Crippen molar-refractivity contribution in [1.82, 2.24) is 0 Å². The fraction of sp³-hybridized carbons (Fsp3) is 0.667. The summed E-state index contributed by atoms with van der Waals surface area (Å²) in [7, 11) is -1.27. The predicted molar refractivity (Wildman–Crippen MR) is 50.3 cm³/mol. The first kappa shape index (κ1) is 8.72. The maximum Gasteiger partial charge on any atom is 0.142 e. The van der Waals surface area contributed by atoms with E-state index in [-0.39, 0.29) is 0 Å². The highest BCUT2D eigenvalue weighted by molar-refractivity contribution is 6.87. The van der Waals surface area contributed by atoms with Crippen molar-refractivity contribution in [3.05, 3.63) is 10.8 Å². The third-order valence-electron chi connectivity index (χ3n) is 2.66. The summed E-state index contributed by atoms with van der Waals surface area (Å²) in [4.78, 5) is 10.8. The van der Waals surface area contributed by atoms with E-state index in [1.807, 2.05) is 0 Å². The minimum atomic E-state index is -1.27. The molecule has 0 amide bonds. The summed E-state index contributed by atoms with van der Waals surface area (Å²) in [5, 5.41) is 1.17. The lowest BCUT2D eigenvalue weighted by molar-refractivity contribution is -0.104. The standard InChI is InChI=1S/C9H16OSi/c1-8-5-4-6-11(2,3)9(8)7-10/h7H,4-6H2,1-3H3. The molecule has 0 bridgehead atoms. The molecule has 0 fully saturated rings. The molecule has 0 aromatic carbocycles. The van der Waals surface area contributed by atoms with Gasteiger partial charge < -0.3 is 0 Å². The van der Waals surface area contributed by atoms with Gasteiger partial charge in [0.05, 0.1) is 8.07 Å². The molecule has 0 spiro atoms. The van der Waals surface area contributed by atoms with Crippen LogP contribution in [0.1, 0.15) is 19.8 Å². The number of allylic oxidation sites excluding steroid dienone is 2. The summed E-state index contributed by atoms with van der Waals surface area (Å²) in [5.74, 6) is 0. The Morgan fingerprint density at radius 2 is 2.09 bits per heavy atom. The van der Waals surface area contributed by atoms with Crippen molar-refractivity contribution in [2.75, 3.05) is 0 Å². The van der Waals surface area contributed by atoms with E-state index in [9.17, 15) is 4.79 Å². The van der Waals surface area contributed by atoms with Crippen LogP contribution in [0.4, 0.5) is 0 Å². The zero-order chi connectivity index (χ0) is 8.48. The lowest BCUT2D eigenvalue weighted by Crippen LogP contribution is -2.33. The summed E-state index contributed by atoms with van der Waals surface area (Å²) in [6.07, 6.45) is 3.54. The van der Waals surface area contributed by atoms with Crippen LogP contribution in [-0.4, -0.2) is 14.4 Å². The number of hydrogen-bond donors (Lipinski definition) is 0. The van der Waals surface area contributed by atoms with Gasteiger partial charge in [-0.1, -0.05) is 31.1 Å². The Balaban J connectivity index is 3.01. The fourth-order valence-electron chi connectivity index (χ4n) is 1.90. The molecule has 0 aromatic heterocycles. The van der Waals surface area contributed by atoms with Crippen molar-refractivity contribution < 1.29 is 4.79 Å². The smallest absolute Gasteiger partial charge is 0.142 e. The van der Waals surface area contributed by atoms with Crippen molar-refractivity contribution in [2.45, 2.75) is 38.9 Å². The van der Waals surface area contributed by atoms with E-state index < -0.39 is 8.07 Å². The SMILES string of the molecule is CC1=C(C=O)[Si](C)(C)CCC1. The number of rotatable bonds is 1. The molecule has 0 unspecified atom stereocenters. The molecule has 62 valence electrons. The second kappa shape index (κ2) is 2.93. The Kier molecular flexibility index (Phi) is 2.33. The molecular weight excluding hydrogens is 152 g/mol. The predicted octanol–water partition coefficient (Wildman–Crippen LogP) is 2.54. The van der Waals surface area contributed by atoms with Crippen LogP contribution in [0.3, 0.4) is 0 Å². The molecule has 11 heavy (non-hydrogen) atoms. The maximum atomic E-state index is 10.8. The third kappa shape index (κ3) is 1.61. The molecule has 1 nitrogen and oxygen atoms in total. The summed E-state index contributed by atoms with van der Waals surface area (Å²) in [6, 6.07) is 1.29. The number of carbonyl (C=O) groups is 1. The summed E-state index contributed by atoms with van der Waals surface area (Å²) >= 11 is 0. The fourth-order valence-corrected chi connectivity index (χ4v) is 4.83. The highest BCUT2D eigenvalue weighted by atomic mass is 28.3. The van der Waals surface area contributed by atoms with E-state index in [4.69, 9.17) is 0 Å². The topological polar surface area (TPSA) is 17.1 Å². The maximum absolute atomic E-state index is 10.8. The lowest BCUT2D eigenvalue weighted by Gasteiger charge is -2.29. The van der Waals surface area contributed by atoms with Crippen molar-refractivity contribution in [3.8, 4) is 0 Å². The van der Waals surface area contributed by atoms with Crippen LogP contribution in [0, 0.1) is 0 Å². The molecule has 2 heteroatoms. The number of carbonyl (C=O) groups excluding carboxylic acids is 1. The van der Waals surface area contributed by atoms with Gasteiger partial charge in [-0.3, -0.25) is 4.79 Å². The Morgan fingerprint density at radius 3 is 2.45 bits per heavy atom. The van der Waals surface area contributed by atoms with Gasteiger partial charge in [0.25, 0.3) is 0 Å². The monoisotopic (exact) mass is 168 g/mol. The Bertz CT molecular complexity index is 204. The highest BCUT2D eigenvalue weighted by Gasteiger charge is 2.29. The molecule has 0 saturated carbocycles. The molecule has 1 heterocycles. The molecule has 0 radical (unpaired) electrons. The minimum absolute atomic E-state index is 1.10. The largest absolute Gasteiger partial charge is 0.299 e. The van der Waals surface area contributed by atoms with Crippen LogP contribution in [-0.2, 0) is 4.79 Å². The van der Waals surface area contributed by atoms with Crippen molar-refractivity contribution in [1.29, 1.82) is 0 Å². The van der Waals surface area contributed by atoms with Crippen LogP contribution >= 0.6 is 0 Å². The zero-order valence-corrected chi connectivity index (χ0v) is 8.61. The van der Waals surface area contributed by atoms with E-state index in [1.165, 1.54) is 23.2 Å². The van der Waals surface area contributed by atoms with E-state index in [1.54, 1.807) is 0 Å². The summed E-state index contributed by atoms with van der Waals surface area (Å²) in [5.41, 5.74) is 1.35. The first-order chi connectivity index (χ1) is 5.08. The van der Waals surface area contributed by atoms with Gasteiger partial charge in [-0.05, 0) is 18.5 Å². The second-order valence-corrected chi connectivity index (χ2v) is 8.86. The first-order valence-electron chi connectivity index (χ1n) is 4.23. The second-order valence-electron chi connectivity index (χ2n) is 4.05. The Labute approximate surface area is 69.5 Å². The zero-order valence-electron chi connectivity index (χ0n) is 7.61. The van der Waals surface area contributed by atoms with Crippen LogP contribution in [0.25, 0.3) is 0 Å². The normalized spacial score (nSPS) is 23.5. The van der Waals surface area contributed by atoms with Gasteiger partial charge in [-0.25, -0.2) is 0 Å². The molecule has 0 atom stereocenters. The Hall–Kier alpha value is -0.373. The van der Waals surface area contributed by atoms with Gasteiger partial charge in [-0.2, -0.15) is 0 Å². The van der Waals surface area contributed by atoms with Crippen molar-refractivity contribution in [2.24, 2.45) is 0 Å². The molecule has 1 rings (SSSR count). The van der Waals surface area contributed by atoms with Crippen LogP contribution in [0.5, 0.6) is 0 Å². The first-order valence-corrected chi connectivity index (χ1v) is 7.44. The molecular formula is C9H16OSi. The summed E-state index contributed by atoms with van der Waals surface area (Å²) in [6.45, 7) is 6.69. The highest BCUT2D eigenvalue weighted by Crippen LogP contribution is 2.31. The van der Waals surface area contributed by atoms with E-state index in [0.29, 0.717) is 0 Å². The molecule has 1 aliphatic heterocycles. The molecule has 1 aliphatic rings. The number of aldehydes is 1. The van der Waals surface area contributed by atoms with Gasteiger partial charge in [0, 0.05) is 0 Å². The minimum Gasteiger partial charge on any atom is -0.299 e. The summed E-state index contributed by atoms with van der Waals surface area (Å²) < 4.78 is 0. The van der Waals surface area contributed by atoms with E-state index in [0.717, 1.165) is 12.7 Å². The average Bonchev–Trinajstić information content (AvgIpc) is 1.86. The third-order valence-corrected chi connectivity index (χ3v) is 6.27. The quantitative estimate of drug-likeness (QED) is 0.434. The van der Waals surface area contributed by atoms with Crippen LogP contribution < -0.4 is 0 Å². The van der Waals surface area contributed by atoms with E-state index >= 15 is 0 Å². The van der Waals surface area contributed by atoms with Crippen molar-refractivity contribution in [3.63, 3.8) is 0 Å². The van der Waals surface area contributed by atoms with Gasteiger partial charge in [0.15, 0.2) is 0 Å². The molecule has 0 N–H and O–H groups in total. The van der Waals surface area contributed by atoms with Gasteiger partial charge >= 0.3 is 0 Å². The van der Waals surface area contributed by atoms with E-state index in [2.05, 4.69) is 20.0 Å². The molecule has 0 aromatic rings. The van der Waals surface area contributed by atoms with Crippen LogP contribution in [0.2, 0.25) is 19.1 Å². The van der Waals surface area contributed by atoms with Gasteiger partial charge in [0.1, 0.15) is 6.29 Å². The van der Waals surface area contributed by atoms with Gasteiger partial charge in [0.2, 0.25) is 0 Å².